The second-order valence-corrected chi connectivity index (χ2v) is 1.38. The van der Waals surface area contributed by atoms with E-state index in [0.717, 1.165) is 6.29 Å². The minimum Gasteiger partial charge on any atom is -0.459 e. The Balaban J connectivity index is 2.19. The van der Waals surface area contributed by atoms with Gasteiger partial charge in [-0.15, -0.1) is 0 Å². The second kappa shape index (κ2) is 2.35. The molecule has 0 saturated heterocycles. The zero-order chi connectivity index (χ0) is 5.82. The molecule has 3 nitrogen and oxygen atoms in total. The summed E-state index contributed by atoms with van der Waals surface area (Å²) in [7, 11) is 0. The topological polar surface area (TPSA) is 35.5 Å². The summed E-state index contributed by atoms with van der Waals surface area (Å²) in [5, 5.41) is 0. The summed E-state index contributed by atoms with van der Waals surface area (Å²) in [6.07, 6.45) is 3.54. The maximum Gasteiger partial charge on any atom is 0.246 e. The van der Waals surface area contributed by atoms with Crippen molar-refractivity contribution in [2.75, 3.05) is 0 Å². The molecular formula is C5H6O3. The summed E-state index contributed by atoms with van der Waals surface area (Å²) in [5.41, 5.74) is 0. The zero-order valence-corrected chi connectivity index (χ0v) is 4.24. The molecule has 0 bridgehead atoms. The molecule has 3 heteroatoms. The van der Waals surface area contributed by atoms with E-state index in [-0.39, 0.29) is 6.29 Å². The first-order valence-electron chi connectivity index (χ1n) is 2.33. The molecule has 44 valence electrons. The standard InChI is InChI=1S/C5H6O3/c6-2-1-5-7-3-4-8-5/h2-5H,1H2. The predicted octanol–water partition coefficient (Wildman–Crippen LogP) is 0.419. The third-order valence-electron chi connectivity index (χ3n) is 0.805. The minimum atomic E-state index is -0.368. The van der Waals surface area contributed by atoms with E-state index >= 15 is 0 Å². The number of hydrogen-bond donors (Lipinski definition) is 0. The Morgan fingerprint density at radius 1 is 1.50 bits per heavy atom. The lowest BCUT2D eigenvalue weighted by molar-refractivity contribution is -0.114. The molecule has 8 heavy (non-hydrogen) atoms. The molecule has 1 aliphatic heterocycles. The van der Waals surface area contributed by atoms with Crippen LogP contribution >= 0.6 is 0 Å². The Morgan fingerprint density at radius 3 is 2.62 bits per heavy atom. The van der Waals surface area contributed by atoms with Crippen LogP contribution < -0.4 is 0 Å². The first-order valence-corrected chi connectivity index (χ1v) is 2.33. The number of aldehydes is 1. The quantitative estimate of drug-likeness (QED) is 0.488. The minimum absolute atomic E-state index is 0.299. The van der Waals surface area contributed by atoms with Crippen molar-refractivity contribution in [2.24, 2.45) is 0 Å². The van der Waals surface area contributed by atoms with Gasteiger partial charge in [-0.1, -0.05) is 0 Å². The monoisotopic (exact) mass is 114 g/mol. The highest BCUT2D eigenvalue weighted by atomic mass is 16.7. The predicted molar refractivity (Wildman–Crippen MR) is 25.8 cm³/mol. The molecule has 0 aromatic carbocycles. The largest absolute Gasteiger partial charge is 0.459 e. The summed E-state index contributed by atoms with van der Waals surface area (Å²) < 4.78 is 9.52. The van der Waals surface area contributed by atoms with E-state index in [0.29, 0.717) is 6.42 Å². The Bertz CT molecular complexity index is 100. The molecule has 0 fully saturated rings. The third kappa shape index (κ3) is 0.992. The molecule has 0 spiro atoms. The van der Waals surface area contributed by atoms with E-state index < -0.39 is 0 Å². The van der Waals surface area contributed by atoms with Crippen molar-refractivity contribution in [1.82, 2.24) is 0 Å². The van der Waals surface area contributed by atoms with Crippen LogP contribution in [0.4, 0.5) is 0 Å². The van der Waals surface area contributed by atoms with Crippen LogP contribution in [0.15, 0.2) is 12.5 Å². The van der Waals surface area contributed by atoms with Gasteiger partial charge < -0.3 is 14.3 Å². The average molecular weight is 114 g/mol. The van der Waals surface area contributed by atoms with Crippen LogP contribution in [0.3, 0.4) is 0 Å². The number of ether oxygens (including phenoxy) is 2. The van der Waals surface area contributed by atoms with Crippen LogP contribution in [0.2, 0.25) is 0 Å². The van der Waals surface area contributed by atoms with E-state index in [1.165, 1.54) is 12.5 Å². The van der Waals surface area contributed by atoms with Crippen molar-refractivity contribution in [3.63, 3.8) is 0 Å². The summed E-state index contributed by atoms with van der Waals surface area (Å²) in [6, 6.07) is 0. The number of carbonyl (C=O) groups is 1. The molecule has 0 aromatic heterocycles. The SMILES string of the molecule is O=CCC1OC=CO1. The number of hydrogen-bond acceptors (Lipinski definition) is 3. The smallest absolute Gasteiger partial charge is 0.246 e. The molecule has 0 N–H and O–H groups in total. The normalized spacial score (nSPS) is 17.5. The van der Waals surface area contributed by atoms with Gasteiger partial charge in [-0.25, -0.2) is 0 Å². The zero-order valence-electron chi connectivity index (χ0n) is 4.24. The maximum atomic E-state index is 9.77. The summed E-state index contributed by atoms with van der Waals surface area (Å²) in [4.78, 5) is 9.77. The second-order valence-electron chi connectivity index (χ2n) is 1.38. The van der Waals surface area contributed by atoms with Crippen molar-refractivity contribution >= 4 is 6.29 Å². The average Bonchev–Trinajstić information content (AvgIpc) is 2.19. The van der Waals surface area contributed by atoms with Crippen molar-refractivity contribution in [2.45, 2.75) is 12.7 Å². The first kappa shape index (κ1) is 5.15. The van der Waals surface area contributed by atoms with Crippen LogP contribution in [0.1, 0.15) is 6.42 Å². The Hall–Kier alpha value is -0.990. The van der Waals surface area contributed by atoms with Crippen LogP contribution in [-0.4, -0.2) is 12.6 Å². The fraction of sp³-hybridized carbons (Fsp3) is 0.400. The third-order valence-corrected chi connectivity index (χ3v) is 0.805. The number of carbonyl (C=O) groups excluding carboxylic acids is 1. The molecule has 1 heterocycles. The lowest BCUT2D eigenvalue weighted by Gasteiger charge is -2.03. The van der Waals surface area contributed by atoms with E-state index in [1.54, 1.807) is 0 Å². The van der Waals surface area contributed by atoms with Crippen LogP contribution in [0.25, 0.3) is 0 Å². The molecule has 0 saturated carbocycles. The highest BCUT2D eigenvalue weighted by Crippen LogP contribution is 2.06. The van der Waals surface area contributed by atoms with Gasteiger partial charge in [0.1, 0.15) is 18.8 Å². The van der Waals surface area contributed by atoms with Crippen molar-refractivity contribution in [3.8, 4) is 0 Å². The van der Waals surface area contributed by atoms with Gasteiger partial charge >= 0.3 is 0 Å². The molecule has 0 aliphatic carbocycles. The van der Waals surface area contributed by atoms with Crippen molar-refractivity contribution in [1.29, 1.82) is 0 Å². The van der Waals surface area contributed by atoms with E-state index in [9.17, 15) is 4.79 Å². The fourth-order valence-corrected chi connectivity index (χ4v) is 0.461. The lowest BCUT2D eigenvalue weighted by Crippen LogP contribution is -2.06. The summed E-state index contributed by atoms with van der Waals surface area (Å²) >= 11 is 0. The van der Waals surface area contributed by atoms with E-state index in [2.05, 4.69) is 0 Å². The first-order chi connectivity index (χ1) is 3.93. The Morgan fingerprint density at radius 2 is 2.12 bits per heavy atom. The van der Waals surface area contributed by atoms with Gasteiger partial charge in [0, 0.05) is 0 Å². The van der Waals surface area contributed by atoms with Crippen LogP contribution in [0, 0.1) is 0 Å². The van der Waals surface area contributed by atoms with Gasteiger partial charge in [-0.2, -0.15) is 0 Å². The molecule has 1 aliphatic rings. The van der Waals surface area contributed by atoms with E-state index in [1.807, 2.05) is 0 Å². The van der Waals surface area contributed by atoms with Crippen molar-refractivity contribution < 1.29 is 14.3 Å². The van der Waals surface area contributed by atoms with Crippen LogP contribution in [-0.2, 0) is 14.3 Å². The summed E-state index contributed by atoms with van der Waals surface area (Å²) in [6.45, 7) is 0. The maximum absolute atomic E-state index is 9.77. The molecule has 0 radical (unpaired) electrons. The summed E-state index contributed by atoms with van der Waals surface area (Å²) in [5.74, 6) is 0. The number of rotatable bonds is 2. The lowest BCUT2D eigenvalue weighted by atomic mass is 10.5. The Labute approximate surface area is 46.9 Å². The van der Waals surface area contributed by atoms with Gasteiger partial charge in [0.05, 0.1) is 6.42 Å². The fourth-order valence-electron chi connectivity index (χ4n) is 0.461. The Kier molecular flexibility index (Phi) is 1.51. The molecule has 0 atom stereocenters. The highest BCUT2D eigenvalue weighted by Gasteiger charge is 2.09. The highest BCUT2D eigenvalue weighted by molar-refractivity contribution is 5.49. The van der Waals surface area contributed by atoms with Gasteiger partial charge in [0.2, 0.25) is 6.29 Å². The molecule has 0 aromatic rings. The van der Waals surface area contributed by atoms with Gasteiger partial charge in [0.15, 0.2) is 0 Å². The van der Waals surface area contributed by atoms with Gasteiger partial charge in [-0.3, -0.25) is 0 Å². The van der Waals surface area contributed by atoms with Gasteiger partial charge in [-0.05, 0) is 0 Å². The van der Waals surface area contributed by atoms with E-state index in [4.69, 9.17) is 9.47 Å². The molecule has 0 amide bonds. The van der Waals surface area contributed by atoms with Crippen molar-refractivity contribution in [3.05, 3.63) is 12.5 Å². The van der Waals surface area contributed by atoms with Crippen LogP contribution in [0.5, 0.6) is 0 Å². The molecule has 0 unspecified atom stereocenters. The molecular weight excluding hydrogens is 108 g/mol. The molecule has 1 rings (SSSR count). The van der Waals surface area contributed by atoms with Gasteiger partial charge in [0.25, 0.3) is 0 Å².